The van der Waals surface area contributed by atoms with E-state index in [2.05, 4.69) is 17.9 Å². The lowest BCUT2D eigenvalue weighted by atomic mass is 9.99. The van der Waals surface area contributed by atoms with Crippen LogP contribution < -0.4 is 5.32 Å². The van der Waals surface area contributed by atoms with Crippen LogP contribution in [-0.4, -0.2) is 41.0 Å². The van der Waals surface area contributed by atoms with Crippen molar-refractivity contribution in [2.45, 2.75) is 10.9 Å². The summed E-state index contributed by atoms with van der Waals surface area (Å²) in [7, 11) is 0. The van der Waals surface area contributed by atoms with Crippen molar-refractivity contribution < 1.29 is 14.7 Å². The first-order valence-corrected chi connectivity index (χ1v) is 9.57. The molecular formula is C19H21NO3S2. The van der Waals surface area contributed by atoms with Crippen LogP contribution in [0.5, 0.6) is 0 Å². The summed E-state index contributed by atoms with van der Waals surface area (Å²) in [6, 6.07) is 17.9. The summed E-state index contributed by atoms with van der Waals surface area (Å²) in [5, 5.41) is 12.4. The molecular weight excluding hydrogens is 354 g/mol. The first-order chi connectivity index (χ1) is 12.1. The number of thiol groups is 1. The Kier molecular flexibility index (Phi) is 8.04. The second-order valence-corrected chi connectivity index (χ2v) is 6.99. The molecule has 0 saturated heterocycles. The number of carbonyl (C=O) groups is 2. The third-order valence-corrected chi connectivity index (χ3v) is 5.26. The Balaban J connectivity index is 1.92. The molecule has 2 aromatic rings. The van der Waals surface area contributed by atoms with Gasteiger partial charge < -0.3 is 10.4 Å². The van der Waals surface area contributed by atoms with Crippen molar-refractivity contribution in [2.75, 3.05) is 18.1 Å². The number of rotatable bonds is 10. The number of carboxylic acid groups (broad SMARTS) is 1. The highest BCUT2D eigenvalue weighted by Gasteiger charge is 2.23. The van der Waals surface area contributed by atoms with E-state index in [-0.39, 0.29) is 18.2 Å². The molecule has 0 aliphatic rings. The molecule has 0 bridgehead atoms. The number of Topliss-reactive ketones (excluding diaryl/α,β-unsaturated/α-hetero) is 1. The van der Waals surface area contributed by atoms with Crippen molar-refractivity contribution in [3.05, 3.63) is 66.2 Å². The summed E-state index contributed by atoms with van der Waals surface area (Å²) in [5.74, 6) is -0.567. The van der Waals surface area contributed by atoms with Crippen molar-refractivity contribution in [1.82, 2.24) is 5.32 Å². The molecule has 0 aromatic heterocycles. The van der Waals surface area contributed by atoms with E-state index < -0.39 is 12.0 Å². The number of hydrogen-bond acceptors (Lipinski definition) is 5. The Morgan fingerprint density at radius 2 is 1.64 bits per heavy atom. The largest absolute Gasteiger partial charge is 0.480 e. The van der Waals surface area contributed by atoms with Crippen LogP contribution >= 0.6 is 24.4 Å². The highest BCUT2D eigenvalue weighted by molar-refractivity contribution is 7.99. The molecule has 0 aliphatic carbocycles. The second kappa shape index (κ2) is 10.3. The van der Waals surface area contributed by atoms with Gasteiger partial charge in [0.25, 0.3) is 0 Å². The fourth-order valence-corrected chi connectivity index (χ4v) is 3.54. The van der Waals surface area contributed by atoms with Crippen LogP contribution in [0.4, 0.5) is 0 Å². The third kappa shape index (κ3) is 6.23. The lowest BCUT2D eigenvalue weighted by Gasteiger charge is -2.19. The lowest BCUT2D eigenvalue weighted by molar-refractivity contribution is -0.138. The van der Waals surface area contributed by atoms with E-state index in [1.54, 1.807) is 12.1 Å². The van der Waals surface area contributed by atoms with Crippen LogP contribution in [0.15, 0.2) is 65.6 Å². The highest BCUT2D eigenvalue weighted by atomic mass is 32.2. The van der Waals surface area contributed by atoms with E-state index >= 15 is 0 Å². The van der Waals surface area contributed by atoms with Crippen LogP contribution in [0.2, 0.25) is 0 Å². The number of thioether (sulfide) groups is 1. The number of nitrogens with one attached hydrogen (secondary N) is 1. The van der Waals surface area contributed by atoms with Gasteiger partial charge in [-0.2, -0.15) is 12.6 Å². The Morgan fingerprint density at radius 1 is 1.04 bits per heavy atom. The molecule has 2 rings (SSSR count). The summed E-state index contributed by atoms with van der Waals surface area (Å²) in [4.78, 5) is 25.0. The van der Waals surface area contributed by atoms with Crippen molar-refractivity contribution in [2.24, 2.45) is 5.92 Å². The van der Waals surface area contributed by atoms with E-state index in [0.717, 1.165) is 4.90 Å². The molecule has 0 saturated carbocycles. The van der Waals surface area contributed by atoms with Crippen LogP contribution in [0, 0.1) is 5.92 Å². The fourth-order valence-electron chi connectivity index (χ4n) is 2.28. The Labute approximate surface area is 157 Å². The third-order valence-electron chi connectivity index (χ3n) is 3.72. The van der Waals surface area contributed by atoms with Gasteiger partial charge in [-0.3, -0.25) is 9.59 Å². The predicted octanol–water partition coefficient (Wildman–Crippen LogP) is 3.25. The maximum Gasteiger partial charge on any atom is 0.321 e. The smallest absolute Gasteiger partial charge is 0.321 e. The first kappa shape index (κ1) is 19.6. The summed E-state index contributed by atoms with van der Waals surface area (Å²) in [6.07, 6.45) is 0. The molecule has 0 unspecified atom stereocenters. The second-order valence-electron chi connectivity index (χ2n) is 5.53. The number of benzene rings is 2. The summed E-state index contributed by atoms with van der Waals surface area (Å²) in [5.41, 5.74) is 0.619. The van der Waals surface area contributed by atoms with Crippen molar-refractivity contribution in [3.63, 3.8) is 0 Å². The van der Waals surface area contributed by atoms with Crippen molar-refractivity contribution in [3.8, 4) is 0 Å². The van der Waals surface area contributed by atoms with Gasteiger partial charge in [-0.05, 0) is 12.1 Å². The van der Waals surface area contributed by atoms with Gasteiger partial charge in [0, 0.05) is 34.4 Å². The molecule has 0 radical (unpaired) electrons. The topological polar surface area (TPSA) is 66.4 Å². The number of aliphatic carboxylic acids is 1. The molecule has 0 fully saturated rings. The van der Waals surface area contributed by atoms with Crippen LogP contribution in [0.1, 0.15) is 10.4 Å². The molecule has 2 aromatic carbocycles. The lowest BCUT2D eigenvalue weighted by Crippen LogP contribution is -2.43. The highest BCUT2D eigenvalue weighted by Crippen LogP contribution is 2.18. The maximum atomic E-state index is 12.5. The molecule has 132 valence electrons. The van der Waals surface area contributed by atoms with Gasteiger partial charge in [0.05, 0.1) is 0 Å². The van der Waals surface area contributed by atoms with Crippen LogP contribution in [0.3, 0.4) is 0 Å². The van der Waals surface area contributed by atoms with Gasteiger partial charge in [-0.25, -0.2) is 0 Å². The Hall–Kier alpha value is -1.76. The summed E-state index contributed by atoms with van der Waals surface area (Å²) >= 11 is 5.73. The van der Waals surface area contributed by atoms with Crippen molar-refractivity contribution >= 4 is 36.1 Å². The van der Waals surface area contributed by atoms with E-state index in [1.807, 2.05) is 48.5 Å². The number of carboxylic acids is 1. The fraction of sp³-hybridized carbons (Fsp3) is 0.263. The Morgan fingerprint density at radius 3 is 2.20 bits per heavy atom. The number of ketones is 1. The predicted molar refractivity (Wildman–Crippen MR) is 105 cm³/mol. The maximum absolute atomic E-state index is 12.5. The van der Waals surface area contributed by atoms with Gasteiger partial charge >= 0.3 is 5.97 Å². The minimum Gasteiger partial charge on any atom is -0.480 e. The van der Waals surface area contributed by atoms with Gasteiger partial charge in [0.2, 0.25) is 0 Å². The molecule has 2 N–H and O–H groups in total. The summed E-state index contributed by atoms with van der Waals surface area (Å²) < 4.78 is 0. The van der Waals surface area contributed by atoms with Gasteiger partial charge in [-0.15, -0.1) is 11.8 Å². The number of hydrogen-bond donors (Lipinski definition) is 3. The minimum atomic E-state index is -0.923. The molecule has 2 atom stereocenters. The quantitative estimate of drug-likeness (QED) is 0.338. The SMILES string of the molecule is O=C(c1ccccc1)[C@@H](CS)CN[C@@H](CSc1ccccc1)C(=O)O. The standard InChI is InChI=1S/C19H21NO3S2/c21-18(14-7-3-1-4-8-14)15(12-24)11-20-17(19(22)23)13-25-16-9-5-2-6-10-16/h1-10,15,17,20,24H,11-13H2,(H,22,23)/t15-,17+/m1/s1. The molecule has 0 amide bonds. The average molecular weight is 376 g/mol. The zero-order chi connectivity index (χ0) is 18.1. The molecule has 0 aliphatic heterocycles. The summed E-state index contributed by atoms with van der Waals surface area (Å²) in [6.45, 7) is 0.281. The molecule has 0 heterocycles. The molecule has 0 spiro atoms. The van der Waals surface area contributed by atoms with Gasteiger partial charge in [0.15, 0.2) is 5.78 Å². The zero-order valence-electron chi connectivity index (χ0n) is 13.7. The monoisotopic (exact) mass is 375 g/mol. The average Bonchev–Trinajstić information content (AvgIpc) is 2.65. The van der Waals surface area contributed by atoms with Crippen LogP contribution in [-0.2, 0) is 4.79 Å². The zero-order valence-corrected chi connectivity index (χ0v) is 15.4. The van der Waals surface area contributed by atoms with E-state index in [9.17, 15) is 14.7 Å². The number of carbonyl (C=O) groups excluding carboxylic acids is 1. The van der Waals surface area contributed by atoms with E-state index in [1.165, 1.54) is 11.8 Å². The van der Waals surface area contributed by atoms with E-state index in [4.69, 9.17) is 0 Å². The molecule has 6 heteroatoms. The van der Waals surface area contributed by atoms with Crippen LogP contribution in [0.25, 0.3) is 0 Å². The minimum absolute atomic E-state index is 0.0250. The van der Waals surface area contributed by atoms with Crippen molar-refractivity contribution in [1.29, 1.82) is 0 Å². The molecule has 25 heavy (non-hydrogen) atoms. The normalized spacial score (nSPS) is 13.2. The Bertz CT molecular complexity index is 680. The van der Waals surface area contributed by atoms with E-state index in [0.29, 0.717) is 17.1 Å². The molecule has 4 nitrogen and oxygen atoms in total. The van der Waals surface area contributed by atoms with Gasteiger partial charge in [-0.1, -0.05) is 48.5 Å². The van der Waals surface area contributed by atoms with Gasteiger partial charge in [0.1, 0.15) is 6.04 Å². The first-order valence-electron chi connectivity index (χ1n) is 7.96.